The zero-order valence-electron chi connectivity index (χ0n) is 16.2. The average molecular weight is 391 g/mol. The summed E-state index contributed by atoms with van der Waals surface area (Å²) in [4.78, 5) is 39.5. The van der Waals surface area contributed by atoms with Gasteiger partial charge in [-0.05, 0) is 30.4 Å². The van der Waals surface area contributed by atoms with E-state index in [2.05, 4.69) is 10.9 Å². The van der Waals surface area contributed by atoms with Gasteiger partial charge in [0.25, 0.3) is 0 Å². The smallest absolute Gasteiger partial charge is 0.243 e. The third-order valence-electron chi connectivity index (χ3n) is 5.64. The molecule has 1 saturated carbocycles. The molecule has 1 aliphatic carbocycles. The standard InChI is InChI=1S/C23H25N3O3/c27-20-14-13-19(23(29)25-24-22(28)18-11-12-18)21(17-9-5-2-6-10-17)26(20)15-16-7-3-1-4-8-16/h1-10,18-19,21H,11-15H2,(H,24,28)(H,25,29)/t19-,21-/m0/s1. The lowest BCUT2D eigenvalue weighted by atomic mass is 9.83. The summed E-state index contributed by atoms with van der Waals surface area (Å²) in [7, 11) is 0. The molecule has 2 aromatic carbocycles. The van der Waals surface area contributed by atoms with Crippen molar-refractivity contribution in [3.8, 4) is 0 Å². The second-order valence-corrected chi connectivity index (χ2v) is 7.76. The van der Waals surface area contributed by atoms with Crippen molar-refractivity contribution in [2.75, 3.05) is 0 Å². The highest BCUT2D eigenvalue weighted by Gasteiger charge is 2.41. The van der Waals surface area contributed by atoms with Crippen LogP contribution >= 0.6 is 0 Å². The maximum atomic E-state index is 13.0. The second kappa shape index (κ2) is 8.47. The van der Waals surface area contributed by atoms with Crippen LogP contribution in [0.3, 0.4) is 0 Å². The molecule has 4 rings (SSSR count). The van der Waals surface area contributed by atoms with E-state index in [9.17, 15) is 14.4 Å². The molecule has 0 aromatic heterocycles. The lowest BCUT2D eigenvalue weighted by Gasteiger charge is -2.41. The molecule has 6 heteroatoms. The number of rotatable bonds is 5. The van der Waals surface area contributed by atoms with E-state index in [1.807, 2.05) is 60.7 Å². The van der Waals surface area contributed by atoms with Gasteiger partial charge in [0.05, 0.1) is 12.0 Å². The quantitative estimate of drug-likeness (QED) is 0.770. The van der Waals surface area contributed by atoms with Crippen LogP contribution in [0.2, 0.25) is 0 Å². The van der Waals surface area contributed by atoms with E-state index in [0.29, 0.717) is 19.4 Å². The van der Waals surface area contributed by atoms with Crippen molar-refractivity contribution < 1.29 is 14.4 Å². The van der Waals surface area contributed by atoms with Crippen molar-refractivity contribution in [1.82, 2.24) is 15.8 Å². The summed E-state index contributed by atoms with van der Waals surface area (Å²) in [5.74, 6) is -0.768. The van der Waals surface area contributed by atoms with Crippen molar-refractivity contribution in [2.45, 2.75) is 38.3 Å². The predicted octanol–water partition coefficient (Wildman–Crippen LogP) is 2.72. The van der Waals surface area contributed by atoms with Gasteiger partial charge in [-0.25, -0.2) is 0 Å². The normalized spacial score (nSPS) is 21.5. The molecule has 0 bridgehead atoms. The molecule has 0 unspecified atom stereocenters. The number of hydrogen-bond acceptors (Lipinski definition) is 3. The van der Waals surface area contributed by atoms with Crippen molar-refractivity contribution >= 4 is 17.7 Å². The molecule has 1 aliphatic heterocycles. The molecule has 2 atom stereocenters. The molecule has 2 aliphatic rings. The number of hydrogen-bond donors (Lipinski definition) is 2. The average Bonchev–Trinajstić information content (AvgIpc) is 3.60. The highest BCUT2D eigenvalue weighted by Crippen LogP contribution is 2.38. The van der Waals surface area contributed by atoms with Gasteiger partial charge in [-0.2, -0.15) is 0 Å². The Bertz CT molecular complexity index is 881. The topological polar surface area (TPSA) is 78.5 Å². The van der Waals surface area contributed by atoms with Crippen LogP contribution in [0.4, 0.5) is 0 Å². The van der Waals surface area contributed by atoms with Crippen molar-refractivity contribution in [1.29, 1.82) is 0 Å². The van der Waals surface area contributed by atoms with Crippen LogP contribution in [-0.2, 0) is 20.9 Å². The first-order chi connectivity index (χ1) is 14.1. The van der Waals surface area contributed by atoms with Crippen LogP contribution in [0.25, 0.3) is 0 Å². The van der Waals surface area contributed by atoms with Gasteiger partial charge in [-0.3, -0.25) is 25.2 Å². The Morgan fingerprint density at radius 3 is 2.14 bits per heavy atom. The van der Waals surface area contributed by atoms with Crippen LogP contribution in [0.5, 0.6) is 0 Å². The maximum absolute atomic E-state index is 13.0. The summed E-state index contributed by atoms with van der Waals surface area (Å²) in [6, 6.07) is 19.1. The zero-order valence-corrected chi connectivity index (χ0v) is 16.2. The molecule has 1 heterocycles. The molecule has 1 saturated heterocycles. The summed E-state index contributed by atoms with van der Waals surface area (Å²) >= 11 is 0. The summed E-state index contributed by atoms with van der Waals surface area (Å²) in [5.41, 5.74) is 7.08. The molecule has 0 spiro atoms. The van der Waals surface area contributed by atoms with Crippen LogP contribution in [0.1, 0.15) is 42.9 Å². The Morgan fingerprint density at radius 2 is 1.48 bits per heavy atom. The van der Waals surface area contributed by atoms with Crippen molar-refractivity contribution in [2.24, 2.45) is 11.8 Å². The number of likely N-dealkylation sites (tertiary alicyclic amines) is 1. The summed E-state index contributed by atoms with van der Waals surface area (Å²) in [5, 5.41) is 0. The Morgan fingerprint density at radius 1 is 0.862 bits per heavy atom. The molecular weight excluding hydrogens is 366 g/mol. The zero-order chi connectivity index (χ0) is 20.2. The fourth-order valence-electron chi connectivity index (χ4n) is 3.92. The monoisotopic (exact) mass is 391 g/mol. The Hall–Kier alpha value is -3.15. The largest absolute Gasteiger partial charge is 0.331 e. The minimum atomic E-state index is -0.432. The molecule has 2 aromatic rings. The van der Waals surface area contributed by atoms with Gasteiger partial charge in [0.15, 0.2) is 0 Å². The molecule has 0 radical (unpaired) electrons. The van der Waals surface area contributed by atoms with Gasteiger partial charge in [0, 0.05) is 18.9 Å². The molecule has 2 fully saturated rings. The van der Waals surface area contributed by atoms with Gasteiger partial charge in [-0.15, -0.1) is 0 Å². The Kier molecular flexibility index (Phi) is 5.60. The van der Waals surface area contributed by atoms with Crippen LogP contribution in [0, 0.1) is 11.8 Å². The van der Waals surface area contributed by atoms with E-state index in [4.69, 9.17) is 0 Å². The first-order valence-electron chi connectivity index (χ1n) is 10.1. The summed E-state index contributed by atoms with van der Waals surface area (Å²) in [6.07, 6.45) is 2.51. The van der Waals surface area contributed by atoms with E-state index >= 15 is 0 Å². The van der Waals surface area contributed by atoms with E-state index in [1.165, 1.54) is 0 Å². The summed E-state index contributed by atoms with van der Waals surface area (Å²) in [6.45, 7) is 0.442. The third kappa shape index (κ3) is 4.47. The lowest BCUT2D eigenvalue weighted by molar-refractivity contribution is -0.145. The van der Waals surface area contributed by atoms with Crippen LogP contribution < -0.4 is 10.9 Å². The molecule has 6 nitrogen and oxygen atoms in total. The number of benzene rings is 2. The molecule has 2 N–H and O–H groups in total. The highest BCUT2D eigenvalue weighted by atomic mass is 16.2. The van der Waals surface area contributed by atoms with Crippen LogP contribution in [0.15, 0.2) is 60.7 Å². The number of hydrazine groups is 1. The number of nitrogens with one attached hydrogen (secondary N) is 2. The maximum Gasteiger partial charge on any atom is 0.243 e. The number of nitrogens with zero attached hydrogens (tertiary/aromatic N) is 1. The van der Waals surface area contributed by atoms with Gasteiger partial charge in [0.2, 0.25) is 17.7 Å². The predicted molar refractivity (Wildman–Crippen MR) is 108 cm³/mol. The molecule has 150 valence electrons. The minimum Gasteiger partial charge on any atom is -0.331 e. The van der Waals surface area contributed by atoms with Gasteiger partial charge < -0.3 is 4.90 Å². The van der Waals surface area contributed by atoms with Gasteiger partial charge in [0.1, 0.15) is 0 Å². The molecule has 29 heavy (non-hydrogen) atoms. The Balaban J connectivity index is 1.58. The lowest BCUT2D eigenvalue weighted by Crippen LogP contribution is -2.51. The van der Waals surface area contributed by atoms with E-state index < -0.39 is 5.92 Å². The molecule has 3 amide bonds. The second-order valence-electron chi connectivity index (χ2n) is 7.76. The minimum absolute atomic E-state index is 0.0164. The first-order valence-corrected chi connectivity index (χ1v) is 10.1. The SMILES string of the molecule is O=C(NNC(=O)[C@H]1CCC(=O)N(Cc2ccccc2)[C@H]1c1ccccc1)C1CC1. The number of carbonyl (C=O) groups is 3. The number of amides is 3. The molecular formula is C23H25N3O3. The first kappa shape index (κ1) is 19.2. The highest BCUT2D eigenvalue weighted by molar-refractivity contribution is 5.88. The van der Waals surface area contributed by atoms with Crippen LogP contribution in [-0.4, -0.2) is 22.6 Å². The van der Waals surface area contributed by atoms with Gasteiger partial charge in [-0.1, -0.05) is 60.7 Å². The Labute approximate surface area is 170 Å². The third-order valence-corrected chi connectivity index (χ3v) is 5.64. The summed E-state index contributed by atoms with van der Waals surface area (Å²) < 4.78 is 0. The van der Waals surface area contributed by atoms with E-state index in [1.54, 1.807) is 4.90 Å². The van der Waals surface area contributed by atoms with Gasteiger partial charge >= 0.3 is 0 Å². The van der Waals surface area contributed by atoms with E-state index in [-0.39, 0.29) is 29.7 Å². The number of carbonyl (C=O) groups excluding carboxylic acids is 3. The van der Waals surface area contributed by atoms with Crippen molar-refractivity contribution in [3.05, 3.63) is 71.8 Å². The van der Waals surface area contributed by atoms with E-state index in [0.717, 1.165) is 24.0 Å². The number of piperidine rings is 1. The fourth-order valence-corrected chi connectivity index (χ4v) is 3.92. The fraction of sp³-hybridized carbons (Fsp3) is 0.348. The van der Waals surface area contributed by atoms with Crippen molar-refractivity contribution in [3.63, 3.8) is 0 Å².